The maximum Gasteiger partial charge on any atom is 0.274 e. The van der Waals surface area contributed by atoms with Gasteiger partial charge in [0.1, 0.15) is 5.69 Å². The molecule has 4 heterocycles. The molecule has 2 amide bonds. The highest BCUT2D eigenvalue weighted by Gasteiger charge is 2.50. The molecule has 2 aliphatic heterocycles. The van der Waals surface area contributed by atoms with Gasteiger partial charge in [0.2, 0.25) is 0 Å². The molecule has 2 aromatic rings. The molecule has 2 atom stereocenters. The first kappa shape index (κ1) is 17.5. The number of fused-ring (bicyclic) bond motifs is 1. The van der Waals surface area contributed by atoms with E-state index in [2.05, 4.69) is 15.2 Å². The van der Waals surface area contributed by atoms with E-state index in [4.69, 9.17) is 0 Å². The lowest BCUT2D eigenvalue weighted by molar-refractivity contribution is 0.0274. The number of rotatable bonds is 2. The predicted octanol–water partition coefficient (Wildman–Crippen LogP) is -0.365. The molecule has 2 saturated heterocycles. The van der Waals surface area contributed by atoms with Gasteiger partial charge in [-0.15, -0.1) is 5.10 Å². The molecule has 2 fully saturated rings. The molecule has 4 rings (SSSR count). The maximum absolute atomic E-state index is 12.8. The first-order valence-electron chi connectivity index (χ1n) is 8.47. The first-order chi connectivity index (χ1) is 13.0. The summed E-state index contributed by atoms with van der Waals surface area (Å²) in [7, 11) is -3.37. The van der Waals surface area contributed by atoms with Crippen LogP contribution in [0.4, 0.5) is 0 Å². The molecule has 27 heavy (non-hydrogen) atoms. The van der Waals surface area contributed by atoms with Gasteiger partial charge in [0.15, 0.2) is 15.5 Å². The summed E-state index contributed by atoms with van der Waals surface area (Å²) >= 11 is 0. The standard InChI is InChI=1S/C17H17N5O4S/c23-16(12-4-1-2-6-18-12)21-8-9-22(15-11-27(25,26)10-14(15)21)17(24)13-5-3-7-19-20-13/h1-7,14-15H,8-11H2/t14-,15+/m1/s1. The molecule has 2 aliphatic rings. The molecule has 2 aromatic heterocycles. The molecule has 0 radical (unpaired) electrons. The number of carbonyl (C=O) groups excluding carboxylic acids is 2. The smallest absolute Gasteiger partial charge is 0.274 e. The lowest BCUT2D eigenvalue weighted by atomic mass is 10.0. The van der Waals surface area contributed by atoms with Gasteiger partial charge in [-0.05, 0) is 24.3 Å². The molecular weight excluding hydrogens is 370 g/mol. The van der Waals surface area contributed by atoms with E-state index in [0.29, 0.717) is 0 Å². The van der Waals surface area contributed by atoms with Crippen molar-refractivity contribution in [1.82, 2.24) is 25.0 Å². The summed E-state index contributed by atoms with van der Waals surface area (Å²) < 4.78 is 24.6. The Morgan fingerprint density at radius 3 is 2.07 bits per heavy atom. The van der Waals surface area contributed by atoms with Crippen LogP contribution in [0.15, 0.2) is 42.7 Å². The van der Waals surface area contributed by atoms with Crippen molar-refractivity contribution in [2.75, 3.05) is 24.6 Å². The van der Waals surface area contributed by atoms with E-state index in [9.17, 15) is 18.0 Å². The number of hydrogen-bond acceptors (Lipinski definition) is 7. The van der Waals surface area contributed by atoms with Gasteiger partial charge in [-0.25, -0.2) is 8.42 Å². The average molecular weight is 387 g/mol. The van der Waals surface area contributed by atoms with Crippen LogP contribution in [0.5, 0.6) is 0 Å². The molecule has 0 aromatic carbocycles. The third-order valence-electron chi connectivity index (χ3n) is 4.87. The molecule has 9 nitrogen and oxygen atoms in total. The highest BCUT2D eigenvalue weighted by molar-refractivity contribution is 7.91. The van der Waals surface area contributed by atoms with Crippen molar-refractivity contribution < 1.29 is 18.0 Å². The van der Waals surface area contributed by atoms with Crippen LogP contribution in [0.3, 0.4) is 0 Å². The number of hydrogen-bond donors (Lipinski definition) is 0. The number of aromatic nitrogens is 3. The van der Waals surface area contributed by atoms with Crippen LogP contribution in [-0.2, 0) is 9.84 Å². The van der Waals surface area contributed by atoms with E-state index in [0.717, 1.165) is 0 Å². The first-order valence-corrected chi connectivity index (χ1v) is 10.3. The number of nitrogens with zero attached hydrogens (tertiary/aromatic N) is 5. The largest absolute Gasteiger partial charge is 0.329 e. The SMILES string of the molecule is O=C(c1ccccn1)N1CCN(C(=O)c2cccnn2)[C@H]2CS(=O)(=O)C[C@H]21. The molecule has 0 aliphatic carbocycles. The van der Waals surface area contributed by atoms with E-state index in [-0.39, 0.29) is 47.8 Å². The second kappa shape index (κ2) is 6.69. The Hall–Kier alpha value is -2.88. The Kier molecular flexibility index (Phi) is 4.34. The van der Waals surface area contributed by atoms with Crippen LogP contribution in [0.25, 0.3) is 0 Å². The van der Waals surface area contributed by atoms with Crippen molar-refractivity contribution in [3.63, 3.8) is 0 Å². The van der Waals surface area contributed by atoms with Gasteiger partial charge in [-0.3, -0.25) is 14.6 Å². The zero-order valence-corrected chi connectivity index (χ0v) is 15.1. The predicted molar refractivity (Wildman–Crippen MR) is 94.6 cm³/mol. The summed E-state index contributed by atoms with van der Waals surface area (Å²) in [6, 6.07) is 6.94. The van der Waals surface area contributed by atoms with Crippen LogP contribution in [-0.4, -0.2) is 81.9 Å². The Morgan fingerprint density at radius 1 is 0.889 bits per heavy atom. The van der Waals surface area contributed by atoms with Crippen LogP contribution in [0.2, 0.25) is 0 Å². The Bertz CT molecular complexity index is 894. The monoisotopic (exact) mass is 387 g/mol. The molecule has 10 heteroatoms. The van der Waals surface area contributed by atoms with E-state index < -0.39 is 21.9 Å². The zero-order chi connectivity index (χ0) is 19.0. The highest BCUT2D eigenvalue weighted by atomic mass is 32.2. The molecule has 140 valence electrons. The van der Waals surface area contributed by atoms with Crippen molar-refractivity contribution in [3.8, 4) is 0 Å². The van der Waals surface area contributed by atoms with Gasteiger partial charge in [0.05, 0.1) is 23.6 Å². The second-order valence-corrected chi connectivity index (χ2v) is 8.69. The van der Waals surface area contributed by atoms with Crippen molar-refractivity contribution >= 4 is 21.7 Å². The Morgan fingerprint density at radius 2 is 1.52 bits per heavy atom. The fourth-order valence-corrected chi connectivity index (χ4v) is 5.64. The summed E-state index contributed by atoms with van der Waals surface area (Å²) in [4.78, 5) is 32.7. The molecule has 0 N–H and O–H groups in total. The van der Waals surface area contributed by atoms with Crippen LogP contribution >= 0.6 is 0 Å². The van der Waals surface area contributed by atoms with Crippen molar-refractivity contribution in [2.24, 2.45) is 0 Å². The number of amides is 2. The molecule has 0 spiro atoms. The summed E-state index contributed by atoms with van der Waals surface area (Å²) in [6.45, 7) is 0.461. The van der Waals surface area contributed by atoms with Crippen LogP contribution in [0, 0.1) is 0 Å². The minimum atomic E-state index is -3.37. The second-order valence-electron chi connectivity index (χ2n) is 6.53. The zero-order valence-electron chi connectivity index (χ0n) is 14.3. The van der Waals surface area contributed by atoms with Gasteiger partial charge in [-0.1, -0.05) is 6.07 Å². The fraction of sp³-hybridized carbons (Fsp3) is 0.353. The van der Waals surface area contributed by atoms with Gasteiger partial charge in [-0.2, -0.15) is 5.10 Å². The summed E-state index contributed by atoms with van der Waals surface area (Å²) in [5.41, 5.74) is 0.416. The Labute approximate surface area is 155 Å². The number of pyridine rings is 1. The van der Waals surface area contributed by atoms with Gasteiger partial charge in [0.25, 0.3) is 11.8 Å². The number of sulfone groups is 1. The third-order valence-corrected chi connectivity index (χ3v) is 6.57. The van der Waals surface area contributed by atoms with E-state index in [1.807, 2.05) is 0 Å². The van der Waals surface area contributed by atoms with Gasteiger partial charge in [0, 0.05) is 25.5 Å². The van der Waals surface area contributed by atoms with Crippen molar-refractivity contribution in [2.45, 2.75) is 12.1 Å². The molecule has 0 saturated carbocycles. The maximum atomic E-state index is 12.8. The fourth-order valence-electron chi connectivity index (χ4n) is 3.66. The van der Waals surface area contributed by atoms with Crippen LogP contribution in [0.1, 0.15) is 21.0 Å². The molecule has 0 unspecified atom stereocenters. The summed E-state index contributed by atoms with van der Waals surface area (Å²) in [6.07, 6.45) is 2.98. The minimum Gasteiger partial charge on any atom is -0.329 e. The highest BCUT2D eigenvalue weighted by Crippen LogP contribution is 2.28. The third kappa shape index (κ3) is 3.27. The Balaban J connectivity index is 1.64. The minimum absolute atomic E-state index is 0.157. The van der Waals surface area contributed by atoms with Gasteiger partial charge < -0.3 is 9.80 Å². The molecular formula is C17H17N5O4S. The topological polar surface area (TPSA) is 113 Å². The number of carbonyl (C=O) groups is 2. The van der Waals surface area contributed by atoms with Gasteiger partial charge >= 0.3 is 0 Å². The van der Waals surface area contributed by atoms with E-state index in [1.165, 1.54) is 22.2 Å². The summed E-state index contributed by atoms with van der Waals surface area (Å²) in [5, 5.41) is 7.53. The van der Waals surface area contributed by atoms with E-state index >= 15 is 0 Å². The summed E-state index contributed by atoms with van der Waals surface area (Å²) in [5.74, 6) is -1.04. The number of piperazine rings is 1. The lowest BCUT2D eigenvalue weighted by Gasteiger charge is -2.43. The van der Waals surface area contributed by atoms with Crippen LogP contribution < -0.4 is 0 Å². The van der Waals surface area contributed by atoms with Crippen molar-refractivity contribution in [3.05, 3.63) is 54.1 Å². The quantitative estimate of drug-likeness (QED) is 0.691. The lowest BCUT2D eigenvalue weighted by Crippen LogP contribution is -2.62. The van der Waals surface area contributed by atoms with E-state index in [1.54, 1.807) is 30.3 Å². The van der Waals surface area contributed by atoms with Crippen molar-refractivity contribution in [1.29, 1.82) is 0 Å². The molecule has 0 bridgehead atoms. The average Bonchev–Trinajstić information content (AvgIpc) is 3.02. The normalized spacial score (nSPS) is 23.7.